The lowest BCUT2D eigenvalue weighted by atomic mass is 10.3. The molecule has 0 bridgehead atoms. The van der Waals surface area contributed by atoms with Gasteiger partial charge in [-0.15, -0.1) is 5.10 Å². The van der Waals surface area contributed by atoms with Crippen LogP contribution in [0.3, 0.4) is 0 Å². The fraction of sp³-hybridized carbons (Fsp3) is 0.667. The van der Waals surface area contributed by atoms with E-state index in [0.717, 1.165) is 12.8 Å². The van der Waals surface area contributed by atoms with Crippen molar-refractivity contribution in [3.05, 3.63) is 11.4 Å². The molecule has 20 heavy (non-hydrogen) atoms. The standard InChI is InChI=1S/C12H18N4O4/c1-8-11(12(18)20-6-5-19-2)14-15-16(8)7-10(17)13-9-3-4-9/h9H,3-7H2,1-2H3,(H,13,17). The predicted molar refractivity (Wildman–Crippen MR) is 68.1 cm³/mol. The van der Waals surface area contributed by atoms with Crippen molar-refractivity contribution in [3.8, 4) is 0 Å². The fourth-order valence-corrected chi connectivity index (χ4v) is 1.62. The Hall–Kier alpha value is -1.96. The van der Waals surface area contributed by atoms with Gasteiger partial charge in [-0.05, 0) is 19.8 Å². The van der Waals surface area contributed by atoms with Gasteiger partial charge in [-0.1, -0.05) is 5.21 Å². The molecule has 1 aromatic heterocycles. The van der Waals surface area contributed by atoms with Crippen molar-refractivity contribution in [1.29, 1.82) is 0 Å². The van der Waals surface area contributed by atoms with E-state index >= 15 is 0 Å². The molecule has 1 fully saturated rings. The molecule has 110 valence electrons. The van der Waals surface area contributed by atoms with E-state index in [1.54, 1.807) is 6.92 Å². The number of carbonyl (C=O) groups excluding carboxylic acids is 2. The van der Waals surface area contributed by atoms with Crippen molar-refractivity contribution in [1.82, 2.24) is 20.3 Å². The number of carbonyl (C=O) groups is 2. The molecular formula is C12H18N4O4. The van der Waals surface area contributed by atoms with E-state index in [2.05, 4.69) is 15.6 Å². The number of nitrogens with zero attached hydrogens (tertiary/aromatic N) is 3. The van der Waals surface area contributed by atoms with Crippen molar-refractivity contribution >= 4 is 11.9 Å². The molecule has 0 unspecified atom stereocenters. The van der Waals surface area contributed by atoms with Gasteiger partial charge in [0.25, 0.3) is 0 Å². The Bertz CT molecular complexity index is 496. The first kappa shape index (κ1) is 14.4. The molecule has 8 heteroatoms. The Morgan fingerprint density at radius 1 is 1.40 bits per heavy atom. The summed E-state index contributed by atoms with van der Waals surface area (Å²) in [6.07, 6.45) is 2.05. The predicted octanol–water partition coefficient (Wildman–Crippen LogP) is -0.332. The number of hydrogen-bond acceptors (Lipinski definition) is 6. The van der Waals surface area contributed by atoms with Crippen LogP contribution in [0.2, 0.25) is 0 Å². The molecular weight excluding hydrogens is 264 g/mol. The average molecular weight is 282 g/mol. The number of ether oxygens (including phenoxy) is 2. The maximum absolute atomic E-state index is 11.7. The van der Waals surface area contributed by atoms with Crippen LogP contribution in [0.15, 0.2) is 0 Å². The summed E-state index contributed by atoms with van der Waals surface area (Å²) in [5, 5.41) is 10.4. The minimum atomic E-state index is -0.562. The van der Waals surface area contributed by atoms with E-state index in [4.69, 9.17) is 9.47 Å². The third-order valence-corrected chi connectivity index (χ3v) is 2.93. The van der Waals surface area contributed by atoms with Gasteiger partial charge < -0.3 is 14.8 Å². The number of rotatable bonds is 7. The zero-order valence-corrected chi connectivity index (χ0v) is 11.6. The lowest BCUT2D eigenvalue weighted by Crippen LogP contribution is -2.30. The first-order valence-electron chi connectivity index (χ1n) is 6.47. The Labute approximate surface area is 116 Å². The van der Waals surface area contributed by atoms with Crippen LogP contribution in [0.25, 0.3) is 0 Å². The van der Waals surface area contributed by atoms with Gasteiger partial charge >= 0.3 is 5.97 Å². The van der Waals surface area contributed by atoms with Crippen LogP contribution in [-0.4, -0.2) is 53.2 Å². The second-order valence-corrected chi connectivity index (χ2v) is 4.65. The van der Waals surface area contributed by atoms with Gasteiger partial charge in [0.05, 0.1) is 12.3 Å². The third-order valence-electron chi connectivity index (χ3n) is 2.93. The molecule has 0 saturated heterocycles. The zero-order chi connectivity index (χ0) is 14.5. The largest absolute Gasteiger partial charge is 0.458 e. The van der Waals surface area contributed by atoms with Crippen molar-refractivity contribution in [3.63, 3.8) is 0 Å². The van der Waals surface area contributed by atoms with Gasteiger partial charge in [0.15, 0.2) is 5.69 Å². The topological polar surface area (TPSA) is 95.3 Å². The SMILES string of the molecule is COCCOC(=O)c1nnn(CC(=O)NC2CC2)c1C. The van der Waals surface area contributed by atoms with E-state index in [1.165, 1.54) is 11.8 Å². The first-order valence-corrected chi connectivity index (χ1v) is 6.47. The van der Waals surface area contributed by atoms with Crippen LogP contribution in [0.5, 0.6) is 0 Å². The quantitative estimate of drug-likeness (QED) is 0.543. The highest BCUT2D eigenvalue weighted by Gasteiger charge is 2.24. The molecule has 1 aromatic rings. The summed E-state index contributed by atoms with van der Waals surface area (Å²) < 4.78 is 11.1. The number of methoxy groups -OCH3 is 1. The number of aromatic nitrogens is 3. The molecule has 0 aliphatic heterocycles. The van der Waals surface area contributed by atoms with Gasteiger partial charge in [-0.3, -0.25) is 4.79 Å². The summed E-state index contributed by atoms with van der Waals surface area (Å²) in [4.78, 5) is 23.4. The fourth-order valence-electron chi connectivity index (χ4n) is 1.62. The summed E-state index contributed by atoms with van der Waals surface area (Å²) in [6, 6.07) is 0.296. The molecule has 1 N–H and O–H groups in total. The molecule has 1 aliphatic rings. The second kappa shape index (κ2) is 6.47. The van der Waals surface area contributed by atoms with Crippen LogP contribution in [-0.2, 0) is 20.8 Å². The summed E-state index contributed by atoms with van der Waals surface area (Å²) >= 11 is 0. The second-order valence-electron chi connectivity index (χ2n) is 4.65. The van der Waals surface area contributed by atoms with Crippen molar-refractivity contribution < 1.29 is 19.1 Å². The van der Waals surface area contributed by atoms with Crippen molar-refractivity contribution in [2.45, 2.75) is 32.4 Å². The Kier molecular flexibility index (Phi) is 4.67. The Balaban J connectivity index is 1.91. The lowest BCUT2D eigenvalue weighted by molar-refractivity contribution is -0.122. The lowest BCUT2D eigenvalue weighted by Gasteiger charge is -2.05. The Morgan fingerprint density at radius 2 is 2.15 bits per heavy atom. The maximum Gasteiger partial charge on any atom is 0.360 e. The van der Waals surface area contributed by atoms with Gasteiger partial charge in [0.1, 0.15) is 13.2 Å². The van der Waals surface area contributed by atoms with Crippen LogP contribution < -0.4 is 5.32 Å². The highest BCUT2D eigenvalue weighted by Crippen LogP contribution is 2.18. The van der Waals surface area contributed by atoms with Crippen LogP contribution in [0.4, 0.5) is 0 Å². The van der Waals surface area contributed by atoms with Gasteiger partial charge in [-0.25, -0.2) is 9.48 Å². The highest BCUT2D eigenvalue weighted by molar-refractivity contribution is 5.88. The zero-order valence-electron chi connectivity index (χ0n) is 11.6. The molecule has 1 amide bonds. The highest BCUT2D eigenvalue weighted by atomic mass is 16.6. The summed E-state index contributed by atoms with van der Waals surface area (Å²) in [7, 11) is 1.52. The van der Waals surface area contributed by atoms with Crippen LogP contribution >= 0.6 is 0 Å². The van der Waals surface area contributed by atoms with E-state index in [0.29, 0.717) is 18.3 Å². The average Bonchev–Trinajstić information content (AvgIpc) is 3.14. The van der Waals surface area contributed by atoms with Crippen molar-refractivity contribution in [2.24, 2.45) is 0 Å². The Morgan fingerprint density at radius 3 is 2.80 bits per heavy atom. The molecule has 0 spiro atoms. The minimum absolute atomic E-state index is 0.0562. The van der Waals surface area contributed by atoms with Gasteiger partial charge in [0, 0.05) is 13.2 Å². The smallest absolute Gasteiger partial charge is 0.360 e. The van der Waals surface area contributed by atoms with E-state index in [9.17, 15) is 9.59 Å². The minimum Gasteiger partial charge on any atom is -0.458 e. The summed E-state index contributed by atoms with van der Waals surface area (Å²) in [6.45, 7) is 2.21. The first-order chi connectivity index (χ1) is 9.61. The molecule has 1 heterocycles. The van der Waals surface area contributed by atoms with Crippen molar-refractivity contribution in [2.75, 3.05) is 20.3 Å². The maximum atomic E-state index is 11.7. The van der Waals surface area contributed by atoms with Crippen LogP contribution in [0, 0.1) is 6.92 Å². The number of amides is 1. The number of esters is 1. The molecule has 2 rings (SSSR count). The molecule has 0 radical (unpaired) electrons. The van der Waals surface area contributed by atoms with E-state index < -0.39 is 5.97 Å². The van der Waals surface area contributed by atoms with E-state index in [-0.39, 0.29) is 24.8 Å². The number of hydrogen-bond donors (Lipinski definition) is 1. The molecule has 0 atom stereocenters. The van der Waals surface area contributed by atoms with Crippen LogP contribution in [0.1, 0.15) is 29.0 Å². The van der Waals surface area contributed by atoms with Gasteiger partial charge in [0.2, 0.25) is 5.91 Å². The van der Waals surface area contributed by atoms with E-state index in [1.807, 2.05) is 0 Å². The monoisotopic (exact) mass is 282 g/mol. The molecule has 8 nitrogen and oxygen atoms in total. The number of nitrogens with one attached hydrogen (secondary N) is 1. The third kappa shape index (κ3) is 3.77. The summed E-state index contributed by atoms with van der Waals surface area (Å²) in [5.41, 5.74) is 0.638. The molecule has 0 aromatic carbocycles. The molecule has 1 aliphatic carbocycles. The summed E-state index contributed by atoms with van der Waals surface area (Å²) in [5.74, 6) is -0.687. The molecule has 1 saturated carbocycles. The normalized spacial score (nSPS) is 14.1. The van der Waals surface area contributed by atoms with Gasteiger partial charge in [-0.2, -0.15) is 0 Å².